The maximum atomic E-state index is 13.9. The number of carbonyl (C=O) groups excluding carboxylic acids is 2. The summed E-state index contributed by atoms with van der Waals surface area (Å²) in [7, 11) is 0. The second-order valence-electron chi connectivity index (χ2n) is 20.5. The van der Waals surface area contributed by atoms with Crippen molar-refractivity contribution in [2.75, 3.05) is 72.0 Å². The highest BCUT2D eigenvalue weighted by Gasteiger charge is 2.22. The third-order valence-electron chi connectivity index (χ3n) is 14.3. The average Bonchev–Trinajstić information content (AvgIpc) is 3.13. The van der Waals surface area contributed by atoms with Crippen molar-refractivity contribution in [1.29, 1.82) is 0 Å². The number of unbranched alkanes of at least 4 members (excludes halogenated alkanes) is 3. The van der Waals surface area contributed by atoms with Crippen molar-refractivity contribution in [2.24, 2.45) is 0 Å². The van der Waals surface area contributed by atoms with Crippen molar-refractivity contribution in [2.45, 2.75) is 25.7 Å². The molecule has 0 radical (unpaired) electrons. The van der Waals surface area contributed by atoms with Gasteiger partial charge in [-0.15, -0.1) is 0 Å². The fraction of sp³-hybridized carbons (Fsp3) is 0.231. The van der Waals surface area contributed by atoms with Gasteiger partial charge in [0.05, 0.1) is 55.5 Å². The van der Waals surface area contributed by atoms with E-state index < -0.39 is 56.0 Å². The van der Waals surface area contributed by atoms with Gasteiger partial charge in [0.15, 0.2) is 0 Å². The van der Waals surface area contributed by atoms with E-state index in [2.05, 4.69) is 93.4 Å². The number of fused-ring (bicyclic) bond motifs is 8. The van der Waals surface area contributed by atoms with Gasteiger partial charge in [0, 0.05) is 89.2 Å². The molecule has 0 spiro atoms. The number of carboxylic acid groups (broad SMARTS) is 4. The fourth-order valence-corrected chi connectivity index (χ4v) is 10.5. The van der Waals surface area contributed by atoms with Gasteiger partial charge in [0.1, 0.15) is 0 Å². The van der Waals surface area contributed by atoms with E-state index >= 15 is 0 Å². The Kier molecular flexibility index (Phi) is 19.8. The molecule has 2 aliphatic heterocycles. The average molecular weight is 1130 g/mol. The molecule has 8 N–H and O–H groups in total. The van der Waals surface area contributed by atoms with Gasteiger partial charge in [-0.25, -0.2) is 9.97 Å². The van der Waals surface area contributed by atoms with Gasteiger partial charge < -0.3 is 41.0 Å². The first-order valence-corrected chi connectivity index (χ1v) is 27.8. The Morgan fingerprint density at radius 2 is 0.726 bits per heavy atom. The number of benzene rings is 4. The van der Waals surface area contributed by atoms with E-state index in [1.54, 1.807) is 6.07 Å². The zero-order valence-electron chi connectivity index (χ0n) is 46.2. The number of nitrogens with zero attached hydrogens (tertiary/aromatic N) is 5. The van der Waals surface area contributed by atoms with Crippen LogP contribution in [0.15, 0.2) is 140 Å². The van der Waals surface area contributed by atoms with E-state index in [0.717, 1.165) is 101 Å². The number of nitrogens with one attached hydrogen (secondary N) is 4. The lowest BCUT2D eigenvalue weighted by molar-refractivity contribution is -0.143. The Balaban J connectivity index is 0.893. The van der Waals surface area contributed by atoms with Crippen molar-refractivity contribution < 1.29 is 49.2 Å². The first kappa shape index (κ1) is 58.8. The lowest BCUT2D eigenvalue weighted by Gasteiger charge is -2.27. The number of aromatic amines is 2. The number of hydrogen-bond acceptors (Lipinski definition) is 11. The Hall–Kier alpha value is -9.82. The third-order valence-corrected chi connectivity index (χ3v) is 14.3. The summed E-state index contributed by atoms with van der Waals surface area (Å²) in [6.07, 6.45) is 11.0. The summed E-state index contributed by atoms with van der Waals surface area (Å²) >= 11 is 0. The van der Waals surface area contributed by atoms with Gasteiger partial charge in [-0.1, -0.05) is 116 Å². The number of carboxylic acids is 4. The zero-order valence-corrected chi connectivity index (χ0v) is 46.2. The van der Waals surface area contributed by atoms with Crippen LogP contribution in [0, 0.1) is 0 Å². The van der Waals surface area contributed by atoms with Gasteiger partial charge in [0.2, 0.25) is 5.91 Å². The Labute approximate surface area is 484 Å². The van der Waals surface area contributed by atoms with Crippen LogP contribution in [0.2, 0.25) is 0 Å². The molecule has 19 nitrogen and oxygen atoms in total. The van der Waals surface area contributed by atoms with Gasteiger partial charge in [-0.2, -0.15) is 0 Å². The number of amides is 2. The van der Waals surface area contributed by atoms with Gasteiger partial charge in [-0.3, -0.25) is 43.5 Å². The highest BCUT2D eigenvalue weighted by Crippen LogP contribution is 2.38. The number of aliphatic carboxylic acids is 4. The Morgan fingerprint density at radius 3 is 1.13 bits per heavy atom. The summed E-state index contributed by atoms with van der Waals surface area (Å²) in [5.41, 5.74) is 14.4. The van der Waals surface area contributed by atoms with E-state index in [-0.39, 0.29) is 38.6 Å². The van der Waals surface area contributed by atoms with E-state index in [4.69, 9.17) is 20.2 Å². The summed E-state index contributed by atoms with van der Waals surface area (Å²) in [5, 5.41) is 43.2. The summed E-state index contributed by atoms with van der Waals surface area (Å²) in [6, 6.07) is 46.5. The highest BCUT2D eigenvalue weighted by molar-refractivity contribution is 6.01. The molecule has 7 aromatic rings. The van der Waals surface area contributed by atoms with Crippen molar-refractivity contribution in [1.82, 2.24) is 45.3 Å². The minimum Gasteiger partial charge on any atom is -0.480 e. The molecule has 19 heteroatoms. The topological polar surface area (TPSA) is 274 Å². The predicted molar refractivity (Wildman–Crippen MR) is 324 cm³/mol. The molecule has 0 saturated heterocycles. The molecule has 0 fully saturated rings. The van der Waals surface area contributed by atoms with Crippen LogP contribution in [0.1, 0.15) is 58.8 Å². The smallest absolute Gasteiger partial charge is 0.317 e. The molecule has 9 rings (SSSR count). The molecule has 430 valence electrons. The molecular weight excluding hydrogens is 1070 g/mol. The molecule has 84 heavy (non-hydrogen) atoms. The van der Waals surface area contributed by atoms with Gasteiger partial charge in [-0.05, 0) is 95.8 Å². The normalized spacial score (nSPS) is 11.8. The van der Waals surface area contributed by atoms with Crippen molar-refractivity contribution >= 4 is 82.1 Å². The van der Waals surface area contributed by atoms with Crippen LogP contribution in [-0.2, 0) is 24.0 Å². The molecular formula is C65H65N9O10. The Bertz CT molecular complexity index is 3710. The van der Waals surface area contributed by atoms with Crippen LogP contribution in [0.3, 0.4) is 0 Å². The van der Waals surface area contributed by atoms with Gasteiger partial charge in [0.25, 0.3) is 5.91 Å². The number of H-pyrrole nitrogens is 2. The van der Waals surface area contributed by atoms with Crippen LogP contribution >= 0.6 is 0 Å². The molecule has 3 aromatic heterocycles. The molecule has 0 atom stereocenters. The van der Waals surface area contributed by atoms with Crippen LogP contribution in [0.5, 0.6) is 0 Å². The number of hydrogen-bond donors (Lipinski definition) is 8. The Morgan fingerprint density at radius 1 is 0.381 bits per heavy atom. The molecule has 4 aromatic carbocycles. The monoisotopic (exact) mass is 1130 g/mol. The first-order valence-electron chi connectivity index (χ1n) is 27.8. The number of aromatic nitrogens is 4. The maximum absolute atomic E-state index is 13.9. The quantitative estimate of drug-likeness (QED) is 0.0213. The zero-order chi connectivity index (χ0) is 59.0. The van der Waals surface area contributed by atoms with Crippen molar-refractivity contribution in [3.05, 3.63) is 168 Å². The van der Waals surface area contributed by atoms with E-state index in [0.29, 0.717) is 37.2 Å². The summed E-state index contributed by atoms with van der Waals surface area (Å²) in [5.74, 6) is -5.50. The molecule has 2 amide bonds. The second-order valence-corrected chi connectivity index (χ2v) is 20.5. The lowest BCUT2D eigenvalue weighted by atomic mass is 10.0. The molecule has 0 unspecified atom stereocenters. The molecule has 0 aliphatic carbocycles. The van der Waals surface area contributed by atoms with Crippen molar-refractivity contribution in [3.63, 3.8) is 0 Å². The highest BCUT2D eigenvalue weighted by atomic mass is 16.4. The first-order chi connectivity index (χ1) is 40.8. The minimum atomic E-state index is -1.24. The maximum Gasteiger partial charge on any atom is 0.317 e. The molecule has 2 aliphatic rings. The fourth-order valence-electron chi connectivity index (χ4n) is 10.5. The standard InChI is InChI=1S/C65H65N9O10/c75-56(38-73(40-58(78)79)35-33-72(39-57(76)77)34-36-74(41-59(80)81)42-60(82)83)66-31-12-1-2-13-32-67-65(84)47-22-14-21-46(37-47)64-54-29-27-52(70-54)62(44-17-8-4-9-18-44)50-25-23-48(68-50)61(43-15-6-3-7-16-43)49-24-26-51(69-49)63(45-19-10-5-11-20-45)53-28-30-55(64)71-53/h3-11,14-30,37,68,71H,1-2,12-13,31-36,38-42H2,(H,66,75)(H,67,84)(H,76,77)(H,78,79)(H,80,81)(H,82,83). The van der Waals surface area contributed by atoms with Crippen LogP contribution < -0.4 is 10.6 Å². The second kappa shape index (κ2) is 28.2. The third kappa shape index (κ3) is 15.6. The predicted octanol–water partition coefficient (Wildman–Crippen LogP) is 8.97. The van der Waals surface area contributed by atoms with Crippen LogP contribution in [0.4, 0.5) is 0 Å². The minimum absolute atomic E-state index is 0.00423. The van der Waals surface area contributed by atoms with Gasteiger partial charge >= 0.3 is 23.9 Å². The van der Waals surface area contributed by atoms with Crippen molar-refractivity contribution in [3.8, 4) is 44.5 Å². The summed E-state index contributed by atoms with van der Waals surface area (Å²) < 4.78 is 0. The van der Waals surface area contributed by atoms with Crippen LogP contribution in [-0.4, -0.2) is 163 Å². The van der Waals surface area contributed by atoms with E-state index in [1.807, 2.05) is 84.9 Å². The molecule has 8 bridgehead atoms. The van der Waals surface area contributed by atoms with E-state index in [9.17, 15) is 39.0 Å². The summed E-state index contributed by atoms with van der Waals surface area (Å²) in [4.78, 5) is 94.8. The number of rotatable bonds is 28. The molecule has 0 saturated carbocycles. The number of carbonyl (C=O) groups is 6. The molecule has 5 heterocycles. The largest absolute Gasteiger partial charge is 0.480 e. The SMILES string of the molecule is O=C(O)CN(CCN(CC(=O)O)CC(=O)O)CCN(CC(=O)O)CC(=O)NCCCCCCNC(=O)c1cccc(-c2c3nc(c(-c4ccccc4)c4ccc([nH]4)c(-c4ccccc4)c4nc(c(-c5ccccc5)c5ccc2[nH]5)C=C4)C=C3)c1. The van der Waals surface area contributed by atoms with Crippen LogP contribution in [0.25, 0.3) is 90.9 Å². The van der Waals surface area contributed by atoms with E-state index in [1.165, 1.54) is 9.80 Å². The summed E-state index contributed by atoms with van der Waals surface area (Å²) in [6.45, 7) is -1.63. The lowest BCUT2D eigenvalue weighted by Crippen LogP contribution is -2.46.